The molecule has 3 aromatic heterocycles. The summed E-state index contributed by atoms with van der Waals surface area (Å²) in [5.74, 6) is 0.870. The molecule has 0 bridgehead atoms. The molecule has 0 aliphatic heterocycles. The molecule has 6 heteroatoms. The van der Waals surface area contributed by atoms with E-state index < -0.39 is 0 Å². The number of nitrogens with zero attached hydrogens (tertiary/aromatic N) is 4. The van der Waals surface area contributed by atoms with E-state index in [1.807, 2.05) is 29.6 Å². The zero-order valence-electron chi connectivity index (χ0n) is 11.0. The number of pyridine rings is 1. The number of aromatic nitrogens is 3. The van der Waals surface area contributed by atoms with Crippen molar-refractivity contribution in [2.75, 3.05) is 11.4 Å². The Balaban J connectivity index is 2.01. The zero-order chi connectivity index (χ0) is 13.9. The van der Waals surface area contributed by atoms with Crippen molar-refractivity contribution in [3.63, 3.8) is 0 Å². The van der Waals surface area contributed by atoms with Crippen LogP contribution < -0.4 is 4.90 Å². The molecule has 3 aromatic rings. The first-order chi connectivity index (χ1) is 9.78. The van der Waals surface area contributed by atoms with Crippen molar-refractivity contribution >= 4 is 39.0 Å². The van der Waals surface area contributed by atoms with Crippen molar-refractivity contribution < 1.29 is 0 Å². The average Bonchev–Trinajstić information content (AvgIpc) is 2.93. The van der Waals surface area contributed by atoms with E-state index in [1.54, 1.807) is 17.5 Å². The third-order valence-corrected chi connectivity index (χ3v) is 4.01. The van der Waals surface area contributed by atoms with Gasteiger partial charge in [0.05, 0.1) is 17.6 Å². The molecule has 0 radical (unpaired) electrons. The summed E-state index contributed by atoms with van der Waals surface area (Å²) in [5.41, 5.74) is 1.01. The van der Waals surface area contributed by atoms with E-state index in [2.05, 4.69) is 26.8 Å². The number of rotatable bonds is 4. The molecule has 0 unspecified atom stereocenters. The third-order valence-electron chi connectivity index (χ3n) is 3.04. The molecule has 20 heavy (non-hydrogen) atoms. The molecule has 3 rings (SSSR count). The molecule has 0 aromatic carbocycles. The van der Waals surface area contributed by atoms with Gasteiger partial charge in [-0.2, -0.15) is 4.98 Å². The second-order valence-electron chi connectivity index (χ2n) is 4.29. The van der Waals surface area contributed by atoms with Crippen molar-refractivity contribution in [3.8, 4) is 0 Å². The fraction of sp³-hybridized carbons (Fsp3) is 0.214. The van der Waals surface area contributed by atoms with E-state index in [0.717, 1.165) is 28.3 Å². The van der Waals surface area contributed by atoms with Crippen molar-refractivity contribution in [1.82, 2.24) is 15.0 Å². The predicted octanol–water partition coefficient (Wildman–Crippen LogP) is 3.77. The fourth-order valence-electron chi connectivity index (χ4n) is 2.08. The van der Waals surface area contributed by atoms with Crippen LogP contribution in [0.15, 0.2) is 35.8 Å². The molecule has 0 aliphatic rings. The van der Waals surface area contributed by atoms with Crippen LogP contribution in [-0.4, -0.2) is 21.5 Å². The summed E-state index contributed by atoms with van der Waals surface area (Å²) >= 11 is 7.60. The summed E-state index contributed by atoms with van der Waals surface area (Å²) in [6.45, 7) is 3.63. The van der Waals surface area contributed by atoms with Gasteiger partial charge in [-0.3, -0.25) is 4.98 Å². The van der Waals surface area contributed by atoms with Crippen molar-refractivity contribution in [2.45, 2.75) is 13.5 Å². The van der Waals surface area contributed by atoms with Crippen LogP contribution in [0.2, 0.25) is 5.28 Å². The average molecular weight is 305 g/mol. The maximum atomic E-state index is 6.03. The molecule has 0 aliphatic carbocycles. The minimum atomic E-state index is 0.287. The first-order valence-corrected chi connectivity index (χ1v) is 7.59. The molecule has 0 atom stereocenters. The topological polar surface area (TPSA) is 41.9 Å². The van der Waals surface area contributed by atoms with E-state index in [1.165, 1.54) is 0 Å². The molecule has 0 saturated heterocycles. The van der Waals surface area contributed by atoms with E-state index in [4.69, 9.17) is 11.6 Å². The van der Waals surface area contributed by atoms with E-state index in [-0.39, 0.29) is 5.28 Å². The summed E-state index contributed by atoms with van der Waals surface area (Å²) in [4.78, 5) is 16.1. The minimum Gasteiger partial charge on any atom is -0.350 e. The standard InChI is InChI=1S/C14H13ClN4S/c1-2-19(9-10-5-3-4-7-16-10)12-11-6-8-20-13(11)18-14(15)17-12/h3-8H,2,9H2,1H3. The van der Waals surface area contributed by atoms with Crippen molar-refractivity contribution in [2.24, 2.45) is 0 Å². The van der Waals surface area contributed by atoms with Gasteiger partial charge in [-0.05, 0) is 42.1 Å². The second-order valence-corrected chi connectivity index (χ2v) is 5.52. The lowest BCUT2D eigenvalue weighted by atomic mass is 10.3. The molecule has 4 nitrogen and oxygen atoms in total. The van der Waals surface area contributed by atoms with E-state index in [0.29, 0.717) is 6.54 Å². The maximum Gasteiger partial charge on any atom is 0.225 e. The van der Waals surface area contributed by atoms with Crippen LogP contribution in [0.4, 0.5) is 5.82 Å². The number of thiophene rings is 1. The van der Waals surface area contributed by atoms with E-state index >= 15 is 0 Å². The Morgan fingerprint density at radius 1 is 1.25 bits per heavy atom. The van der Waals surface area contributed by atoms with Crippen LogP contribution in [0.1, 0.15) is 12.6 Å². The molecule has 0 spiro atoms. The quantitative estimate of drug-likeness (QED) is 0.688. The summed E-state index contributed by atoms with van der Waals surface area (Å²) < 4.78 is 0. The maximum absolute atomic E-state index is 6.03. The van der Waals surface area contributed by atoms with Crippen molar-refractivity contribution in [3.05, 3.63) is 46.8 Å². The van der Waals surface area contributed by atoms with Gasteiger partial charge in [0, 0.05) is 12.7 Å². The van der Waals surface area contributed by atoms with Crippen LogP contribution in [0.3, 0.4) is 0 Å². The monoisotopic (exact) mass is 304 g/mol. The Hall–Kier alpha value is -1.72. The van der Waals surface area contributed by atoms with Crippen LogP contribution in [0, 0.1) is 0 Å². The Morgan fingerprint density at radius 3 is 2.90 bits per heavy atom. The first-order valence-electron chi connectivity index (χ1n) is 6.33. The molecule has 0 fully saturated rings. The molecule has 102 valence electrons. The summed E-state index contributed by atoms with van der Waals surface area (Å²) in [6.07, 6.45) is 1.80. The molecular weight excluding hydrogens is 292 g/mol. The Bertz CT molecular complexity index is 714. The lowest BCUT2D eigenvalue weighted by Crippen LogP contribution is -2.24. The van der Waals surface area contributed by atoms with Gasteiger partial charge in [0.1, 0.15) is 10.6 Å². The number of fused-ring (bicyclic) bond motifs is 1. The van der Waals surface area contributed by atoms with Crippen LogP contribution >= 0.6 is 22.9 Å². The number of hydrogen-bond donors (Lipinski definition) is 0. The molecule has 0 N–H and O–H groups in total. The highest BCUT2D eigenvalue weighted by atomic mass is 35.5. The van der Waals surface area contributed by atoms with Gasteiger partial charge in [-0.25, -0.2) is 4.98 Å². The predicted molar refractivity (Wildman–Crippen MR) is 83.4 cm³/mol. The lowest BCUT2D eigenvalue weighted by molar-refractivity contribution is 0.797. The highest BCUT2D eigenvalue weighted by molar-refractivity contribution is 7.16. The van der Waals surface area contributed by atoms with Gasteiger partial charge in [0.25, 0.3) is 0 Å². The van der Waals surface area contributed by atoms with Gasteiger partial charge in [-0.1, -0.05) is 6.07 Å². The summed E-state index contributed by atoms with van der Waals surface area (Å²) in [7, 11) is 0. The second kappa shape index (κ2) is 5.73. The van der Waals surface area contributed by atoms with Gasteiger partial charge in [0.15, 0.2) is 0 Å². The third kappa shape index (κ3) is 2.59. The summed E-state index contributed by atoms with van der Waals surface area (Å²) in [5, 5.41) is 3.33. The van der Waals surface area contributed by atoms with Gasteiger partial charge < -0.3 is 4.90 Å². The Morgan fingerprint density at radius 2 is 2.15 bits per heavy atom. The number of hydrogen-bond acceptors (Lipinski definition) is 5. The molecule has 0 amide bonds. The van der Waals surface area contributed by atoms with E-state index in [9.17, 15) is 0 Å². The zero-order valence-corrected chi connectivity index (χ0v) is 12.5. The van der Waals surface area contributed by atoms with Crippen LogP contribution in [0.25, 0.3) is 10.2 Å². The lowest BCUT2D eigenvalue weighted by Gasteiger charge is -2.22. The summed E-state index contributed by atoms with van der Waals surface area (Å²) in [6, 6.07) is 7.95. The molecule has 0 saturated carbocycles. The minimum absolute atomic E-state index is 0.287. The largest absolute Gasteiger partial charge is 0.350 e. The SMILES string of the molecule is CCN(Cc1ccccn1)c1nc(Cl)nc2sccc12. The molecule has 3 heterocycles. The van der Waals surface area contributed by atoms with Crippen LogP contribution in [-0.2, 0) is 6.54 Å². The van der Waals surface area contributed by atoms with Gasteiger partial charge >= 0.3 is 0 Å². The Kier molecular flexibility index (Phi) is 3.80. The number of anilines is 1. The number of halogens is 1. The normalized spacial score (nSPS) is 10.9. The smallest absolute Gasteiger partial charge is 0.225 e. The Labute approximate surface area is 126 Å². The fourth-order valence-corrected chi connectivity index (χ4v) is 3.05. The van der Waals surface area contributed by atoms with Gasteiger partial charge in [-0.15, -0.1) is 11.3 Å². The van der Waals surface area contributed by atoms with Crippen molar-refractivity contribution in [1.29, 1.82) is 0 Å². The highest BCUT2D eigenvalue weighted by Crippen LogP contribution is 2.29. The highest BCUT2D eigenvalue weighted by Gasteiger charge is 2.14. The van der Waals surface area contributed by atoms with Crippen LogP contribution in [0.5, 0.6) is 0 Å². The van der Waals surface area contributed by atoms with Gasteiger partial charge in [0.2, 0.25) is 5.28 Å². The first kappa shape index (κ1) is 13.3. The molecular formula is C14H13ClN4S.